The number of aliphatic hydroxyl groups is 1. The highest BCUT2D eigenvalue weighted by atomic mass is 32.2. The van der Waals surface area contributed by atoms with Crippen molar-refractivity contribution in [2.45, 2.75) is 25.4 Å². The van der Waals surface area contributed by atoms with Crippen molar-refractivity contribution in [1.82, 2.24) is 0 Å². The zero-order valence-electron chi connectivity index (χ0n) is 7.65. The summed E-state index contributed by atoms with van der Waals surface area (Å²) in [4.78, 5) is 0. The van der Waals surface area contributed by atoms with Crippen LogP contribution in [0.5, 0.6) is 0 Å². The first kappa shape index (κ1) is 10.7. The summed E-state index contributed by atoms with van der Waals surface area (Å²) in [7, 11) is -2.85. The van der Waals surface area contributed by atoms with Crippen LogP contribution in [0.2, 0.25) is 0 Å². The summed E-state index contributed by atoms with van der Waals surface area (Å²) in [5.74, 6) is 0.346. The molecule has 0 amide bonds. The minimum absolute atomic E-state index is 0.0510. The van der Waals surface area contributed by atoms with Gasteiger partial charge in [0, 0.05) is 0 Å². The monoisotopic (exact) mass is 204 g/mol. The van der Waals surface area contributed by atoms with E-state index >= 15 is 0 Å². The second-order valence-electron chi connectivity index (χ2n) is 3.60. The van der Waals surface area contributed by atoms with Crippen LogP contribution in [0.15, 0.2) is 12.7 Å². The minimum Gasteiger partial charge on any atom is -0.393 e. The highest BCUT2D eigenvalue weighted by Crippen LogP contribution is 2.23. The number of aliphatic hydroxyl groups excluding tert-OH is 1. The van der Waals surface area contributed by atoms with Crippen LogP contribution >= 0.6 is 0 Å². The smallest absolute Gasteiger partial charge is 0.150 e. The van der Waals surface area contributed by atoms with E-state index in [4.69, 9.17) is 0 Å². The molecule has 0 aromatic carbocycles. The van der Waals surface area contributed by atoms with Gasteiger partial charge in [-0.05, 0) is 25.2 Å². The van der Waals surface area contributed by atoms with E-state index in [2.05, 4.69) is 6.58 Å². The van der Waals surface area contributed by atoms with E-state index < -0.39 is 15.9 Å². The Bertz CT molecular complexity index is 269. The fourth-order valence-corrected chi connectivity index (χ4v) is 3.52. The molecule has 0 aromatic rings. The normalized spacial score (nSPS) is 28.5. The third-order valence-corrected chi connectivity index (χ3v) is 4.27. The lowest BCUT2D eigenvalue weighted by molar-refractivity contribution is 0.112. The molecule has 0 bridgehead atoms. The Balaban J connectivity index is 2.41. The van der Waals surface area contributed by atoms with Gasteiger partial charge >= 0.3 is 0 Å². The summed E-state index contributed by atoms with van der Waals surface area (Å²) in [6, 6.07) is 0. The molecule has 2 unspecified atom stereocenters. The number of sulfone groups is 1. The molecule has 0 aliphatic carbocycles. The number of rotatable bonds is 4. The van der Waals surface area contributed by atoms with Gasteiger partial charge in [-0.3, -0.25) is 0 Å². The average Bonchev–Trinajstić information content (AvgIpc) is 2.42. The molecule has 1 saturated heterocycles. The molecule has 4 heteroatoms. The van der Waals surface area contributed by atoms with E-state index in [1.807, 2.05) is 0 Å². The summed E-state index contributed by atoms with van der Waals surface area (Å²) in [6.07, 6.45) is 3.25. The number of hydrogen-bond donors (Lipinski definition) is 1. The van der Waals surface area contributed by atoms with Crippen LogP contribution in [0.25, 0.3) is 0 Å². The SMILES string of the molecule is C=CCCC(O)C1CCS(=O)(=O)C1. The Morgan fingerprint density at radius 2 is 2.31 bits per heavy atom. The maximum Gasteiger partial charge on any atom is 0.150 e. The van der Waals surface area contributed by atoms with E-state index in [-0.39, 0.29) is 17.4 Å². The van der Waals surface area contributed by atoms with E-state index in [1.165, 1.54) is 0 Å². The third-order valence-electron chi connectivity index (χ3n) is 2.48. The summed E-state index contributed by atoms with van der Waals surface area (Å²) in [5, 5.41) is 9.60. The Kier molecular flexibility index (Phi) is 3.50. The van der Waals surface area contributed by atoms with Gasteiger partial charge in [-0.15, -0.1) is 6.58 Å². The quantitative estimate of drug-likeness (QED) is 0.687. The van der Waals surface area contributed by atoms with Crippen LogP contribution in [-0.2, 0) is 9.84 Å². The summed E-state index contributed by atoms with van der Waals surface area (Å²) in [6.45, 7) is 3.56. The van der Waals surface area contributed by atoms with Crippen LogP contribution < -0.4 is 0 Å². The highest BCUT2D eigenvalue weighted by molar-refractivity contribution is 7.91. The zero-order valence-corrected chi connectivity index (χ0v) is 8.46. The Morgan fingerprint density at radius 1 is 1.62 bits per heavy atom. The largest absolute Gasteiger partial charge is 0.393 e. The maximum absolute atomic E-state index is 11.1. The lowest BCUT2D eigenvalue weighted by atomic mass is 9.98. The Labute approximate surface area is 79.4 Å². The second kappa shape index (κ2) is 4.24. The maximum atomic E-state index is 11.1. The van der Waals surface area contributed by atoms with Gasteiger partial charge < -0.3 is 5.11 Å². The molecular weight excluding hydrogens is 188 g/mol. The van der Waals surface area contributed by atoms with E-state index in [0.717, 1.165) is 6.42 Å². The predicted octanol–water partition coefficient (Wildman–Crippen LogP) is 0.748. The Morgan fingerprint density at radius 3 is 2.77 bits per heavy atom. The van der Waals surface area contributed by atoms with Crippen molar-refractivity contribution in [1.29, 1.82) is 0 Å². The average molecular weight is 204 g/mol. The van der Waals surface area contributed by atoms with Gasteiger partial charge in [-0.25, -0.2) is 8.42 Å². The van der Waals surface area contributed by atoms with Crippen LogP contribution in [-0.4, -0.2) is 31.1 Å². The van der Waals surface area contributed by atoms with Crippen molar-refractivity contribution in [3.63, 3.8) is 0 Å². The van der Waals surface area contributed by atoms with Crippen LogP contribution in [0.3, 0.4) is 0 Å². The molecule has 0 radical (unpaired) electrons. The molecule has 1 aliphatic rings. The first-order valence-electron chi connectivity index (χ1n) is 4.54. The van der Waals surface area contributed by atoms with Crippen LogP contribution in [0, 0.1) is 5.92 Å². The van der Waals surface area contributed by atoms with Crippen molar-refractivity contribution in [3.8, 4) is 0 Å². The molecule has 3 nitrogen and oxygen atoms in total. The molecular formula is C9H16O3S. The predicted molar refractivity (Wildman–Crippen MR) is 52.2 cm³/mol. The summed E-state index contributed by atoms with van der Waals surface area (Å²) < 4.78 is 22.2. The van der Waals surface area contributed by atoms with Gasteiger partial charge in [0.05, 0.1) is 17.6 Å². The molecule has 2 atom stereocenters. The molecule has 1 heterocycles. The molecule has 1 rings (SSSR count). The van der Waals surface area contributed by atoms with E-state index in [1.54, 1.807) is 6.08 Å². The number of hydrogen-bond acceptors (Lipinski definition) is 3. The topological polar surface area (TPSA) is 54.4 Å². The van der Waals surface area contributed by atoms with E-state index in [9.17, 15) is 13.5 Å². The van der Waals surface area contributed by atoms with Crippen molar-refractivity contribution in [2.75, 3.05) is 11.5 Å². The second-order valence-corrected chi connectivity index (χ2v) is 5.83. The standard InChI is InChI=1S/C9H16O3S/c1-2-3-4-9(10)8-5-6-13(11,12)7-8/h2,8-10H,1,3-7H2. The van der Waals surface area contributed by atoms with E-state index in [0.29, 0.717) is 12.8 Å². The van der Waals surface area contributed by atoms with Gasteiger partial charge in [0.1, 0.15) is 0 Å². The van der Waals surface area contributed by atoms with Crippen molar-refractivity contribution >= 4 is 9.84 Å². The summed E-state index contributed by atoms with van der Waals surface area (Å²) in [5.41, 5.74) is 0. The third kappa shape index (κ3) is 3.12. The van der Waals surface area contributed by atoms with Crippen LogP contribution in [0.4, 0.5) is 0 Å². The van der Waals surface area contributed by atoms with Crippen LogP contribution in [0.1, 0.15) is 19.3 Å². The van der Waals surface area contributed by atoms with Gasteiger partial charge in [0.25, 0.3) is 0 Å². The van der Waals surface area contributed by atoms with Gasteiger partial charge in [-0.1, -0.05) is 6.08 Å². The lowest BCUT2D eigenvalue weighted by Crippen LogP contribution is -2.21. The molecule has 0 saturated carbocycles. The molecule has 1 N–H and O–H groups in total. The fourth-order valence-electron chi connectivity index (χ4n) is 1.65. The lowest BCUT2D eigenvalue weighted by Gasteiger charge is -2.14. The summed E-state index contributed by atoms with van der Waals surface area (Å²) >= 11 is 0. The molecule has 1 aliphatic heterocycles. The van der Waals surface area contributed by atoms with Gasteiger partial charge in [-0.2, -0.15) is 0 Å². The molecule has 0 aromatic heterocycles. The highest BCUT2D eigenvalue weighted by Gasteiger charge is 2.32. The van der Waals surface area contributed by atoms with Crippen molar-refractivity contribution in [2.24, 2.45) is 5.92 Å². The zero-order chi connectivity index (χ0) is 9.90. The fraction of sp³-hybridized carbons (Fsp3) is 0.778. The number of allylic oxidation sites excluding steroid dienone is 1. The molecule has 13 heavy (non-hydrogen) atoms. The molecule has 1 fully saturated rings. The molecule has 0 spiro atoms. The van der Waals surface area contributed by atoms with Crippen molar-refractivity contribution < 1.29 is 13.5 Å². The first-order chi connectivity index (χ1) is 6.05. The van der Waals surface area contributed by atoms with Crippen molar-refractivity contribution in [3.05, 3.63) is 12.7 Å². The first-order valence-corrected chi connectivity index (χ1v) is 6.36. The van der Waals surface area contributed by atoms with Gasteiger partial charge in [0.2, 0.25) is 0 Å². The van der Waals surface area contributed by atoms with Gasteiger partial charge in [0.15, 0.2) is 9.84 Å². The Hall–Kier alpha value is -0.350. The molecule has 76 valence electrons. The minimum atomic E-state index is -2.85.